The number of benzene rings is 2. The monoisotopic (exact) mass is 307 g/mol. The SMILES string of the molecule is CCOc1cccc(C(N)CSc2cccc(Cl)c2)c1. The van der Waals surface area contributed by atoms with Gasteiger partial charge in [-0.15, -0.1) is 11.8 Å². The Morgan fingerprint density at radius 3 is 2.75 bits per heavy atom. The van der Waals surface area contributed by atoms with Crippen molar-refractivity contribution in [1.82, 2.24) is 0 Å². The van der Waals surface area contributed by atoms with Crippen LogP contribution in [0.5, 0.6) is 5.75 Å². The number of hydrogen-bond donors (Lipinski definition) is 1. The van der Waals surface area contributed by atoms with Gasteiger partial charge in [0.1, 0.15) is 5.75 Å². The number of nitrogens with two attached hydrogens (primary N) is 1. The van der Waals surface area contributed by atoms with E-state index in [-0.39, 0.29) is 6.04 Å². The number of thioether (sulfide) groups is 1. The maximum absolute atomic E-state index is 6.24. The smallest absolute Gasteiger partial charge is 0.119 e. The van der Waals surface area contributed by atoms with Crippen LogP contribution in [-0.2, 0) is 0 Å². The largest absolute Gasteiger partial charge is 0.494 e. The Balaban J connectivity index is 1.97. The van der Waals surface area contributed by atoms with E-state index >= 15 is 0 Å². The van der Waals surface area contributed by atoms with Gasteiger partial charge in [-0.1, -0.05) is 29.8 Å². The van der Waals surface area contributed by atoms with Crippen LogP contribution in [0.4, 0.5) is 0 Å². The summed E-state index contributed by atoms with van der Waals surface area (Å²) in [6, 6.07) is 15.8. The zero-order valence-electron chi connectivity index (χ0n) is 11.4. The molecule has 2 N–H and O–H groups in total. The topological polar surface area (TPSA) is 35.2 Å². The Bertz CT molecular complexity index is 562. The second kappa shape index (κ2) is 7.58. The number of ether oxygens (including phenoxy) is 1. The quantitative estimate of drug-likeness (QED) is 0.796. The third-order valence-electron chi connectivity index (χ3n) is 2.82. The molecule has 0 heterocycles. The Kier molecular flexibility index (Phi) is 5.77. The fourth-order valence-electron chi connectivity index (χ4n) is 1.84. The lowest BCUT2D eigenvalue weighted by Crippen LogP contribution is -2.13. The fraction of sp³-hybridized carbons (Fsp3) is 0.250. The van der Waals surface area contributed by atoms with Gasteiger partial charge in [-0.05, 0) is 42.8 Å². The van der Waals surface area contributed by atoms with Crippen molar-refractivity contribution in [3.05, 3.63) is 59.1 Å². The summed E-state index contributed by atoms with van der Waals surface area (Å²) >= 11 is 7.68. The van der Waals surface area contributed by atoms with Crippen molar-refractivity contribution in [1.29, 1.82) is 0 Å². The first kappa shape index (κ1) is 15.2. The molecule has 0 amide bonds. The molecule has 0 aliphatic carbocycles. The average Bonchev–Trinajstić information content (AvgIpc) is 2.45. The molecule has 0 saturated heterocycles. The van der Waals surface area contributed by atoms with Gasteiger partial charge < -0.3 is 10.5 Å². The lowest BCUT2D eigenvalue weighted by molar-refractivity contribution is 0.339. The van der Waals surface area contributed by atoms with E-state index in [1.807, 2.05) is 55.5 Å². The highest BCUT2D eigenvalue weighted by Crippen LogP contribution is 2.26. The molecule has 0 spiro atoms. The van der Waals surface area contributed by atoms with Crippen LogP contribution in [0.25, 0.3) is 0 Å². The molecule has 0 aliphatic heterocycles. The van der Waals surface area contributed by atoms with Crippen LogP contribution >= 0.6 is 23.4 Å². The summed E-state index contributed by atoms with van der Waals surface area (Å²) in [6.45, 7) is 2.64. The molecule has 0 bridgehead atoms. The van der Waals surface area contributed by atoms with Gasteiger partial charge in [0.05, 0.1) is 6.61 Å². The van der Waals surface area contributed by atoms with Crippen LogP contribution in [0.3, 0.4) is 0 Å². The molecule has 2 aromatic rings. The van der Waals surface area contributed by atoms with Crippen molar-refractivity contribution in [3.63, 3.8) is 0 Å². The Morgan fingerprint density at radius 2 is 2.00 bits per heavy atom. The highest BCUT2D eigenvalue weighted by molar-refractivity contribution is 7.99. The van der Waals surface area contributed by atoms with Crippen molar-refractivity contribution < 1.29 is 4.74 Å². The minimum Gasteiger partial charge on any atom is -0.494 e. The summed E-state index contributed by atoms with van der Waals surface area (Å²) in [5.41, 5.74) is 7.32. The molecule has 0 radical (unpaired) electrons. The van der Waals surface area contributed by atoms with Gasteiger partial charge >= 0.3 is 0 Å². The van der Waals surface area contributed by atoms with Gasteiger partial charge in [0.2, 0.25) is 0 Å². The number of rotatable bonds is 6. The molecular weight excluding hydrogens is 290 g/mol. The molecule has 2 nitrogen and oxygen atoms in total. The minimum absolute atomic E-state index is 0.0283. The van der Waals surface area contributed by atoms with E-state index in [9.17, 15) is 0 Å². The average molecular weight is 308 g/mol. The van der Waals surface area contributed by atoms with Crippen LogP contribution in [-0.4, -0.2) is 12.4 Å². The molecule has 0 saturated carbocycles. The van der Waals surface area contributed by atoms with Crippen LogP contribution < -0.4 is 10.5 Å². The van der Waals surface area contributed by atoms with E-state index in [4.69, 9.17) is 22.1 Å². The lowest BCUT2D eigenvalue weighted by Gasteiger charge is -2.13. The zero-order chi connectivity index (χ0) is 14.4. The van der Waals surface area contributed by atoms with Crippen LogP contribution in [0.1, 0.15) is 18.5 Å². The van der Waals surface area contributed by atoms with Crippen molar-refractivity contribution in [2.45, 2.75) is 17.9 Å². The number of hydrogen-bond acceptors (Lipinski definition) is 3. The van der Waals surface area contributed by atoms with Gasteiger partial charge in [0, 0.05) is 21.7 Å². The second-order valence-corrected chi connectivity index (χ2v) is 5.91. The maximum atomic E-state index is 6.24. The summed E-state index contributed by atoms with van der Waals surface area (Å²) in [6.07, 6.45) is 0. The third kappa shape index (κ3) is 4.44. The van der Waals surface area contributed by atoms with Gasteiger partial charge in [0.15, 0.2) is 0 Å². The summed E-state index contributed by atoms with van der Waals surface area (Å²) in [5.74, 6) is 1.67. The molecule has 1 atom stereocenters. The Labute approximate surface area is 129 Å². The first-order valence-electron chi connectivity index (χ1n) is 6.55. The molecule has 1 unspecified atom stereocenters. The minimum atomic E-state index is -0.0283. The Hall–Kier alpha value is -1.16. The summed E-state index contributed by atoms with van der Waals surface area (Å²) in [7, 11) is 0. The summed E-state index contributed by atoms with van der Waals surface area (Å²) < 4.78 is 5.50. The molecule has 4 heteroatoms. The Morgan fingerprint density at radius 1 is 1.20 bits per heavy atom. The standard InChI is InChI=1S/C16H18ClNOS/c1-2-19-14-7-3-5-12(9-14)16(18)11-20-15-8-4-6-13(17)10-15/h3-10,16H,2,11,18H2,1H3. The molecule has 0 aliphatic rings. The van der Waals surface area contributed by atoms with Crippen molar-refractivity contribution in [2.24, 2.45) is 5.73 Å². The number of halogens is 1. The zero-order valence-corrected chi connectivity index (χ0v) is 13.0. The first-order valence-corrected chi connectivity index (χ1v) is 7.92. The van der Waals surface area contributed by atoms with E-state index in [1.54, 1.807) is 11.8 Å². The molecule has 0 aromatic heterocycles. The van der Waals surface area contributed by atoms with E-state index in [2.05, 4.69) is 0 Å². The summed E-state index contributed by atoms with van der Waals surface area (Å²) in [4.78, 5) is 1.13. The highest BCUT2D eigenvalue weighted by atomic mass is 35.5. The van der Waals surface area contributed by atoms with Crippen molar-refractivity contribution >= 4 is 23.4 Å². The third-order valence-corrected chi connectivity index (χ3v) is 4.17. The van der Waals surface area contributed by atoms with Crippen molar-refractivity contribution in [2.75, 3.05) is 12.4 Å². The van der Waals surface area contributed by atoms with Crippen LogP contribution in [0.2, 0.25) is 5.02 Å². The normalized spacial score (nSPS) is 12.2. The lowest BCUT2D eigenvalue weighted by atomic mass is 10.1. The van der Waals surface area contributed by atoms with E-state index in [1.165, 1.54) is 0 Å². The highest BCUT2D eigenvalue weighted by Gasteiger charge is 2.08. The second-order valence-electron chi connectivity index (χ2n) is 4.38. The van der Waals surface area contributed by atoms with Gasteiger partial charge in [-0.25, -0.2) is 0 Å². The van der Waals surface area contributed by atoms with E-state index in [0.29, 0.717) is 6.61 Å². The van der Waals surface area contributed by atoms with Crippen LogP contribution in [0.15, 0.2) is 53.4 Å². The van der Waals surface area contributed by atoms with E-state index < -0.39 is 0 Å². The van der Waals surface area contributed by atoms with Gasteiger partial charge in [-0.3, -0.25) is 0 Å². The first-order chi connectivity index (χ1) is 9.69. The fourth-order valence-corrected chi connectivity index (χ4v) is 3.05. The molecule has 0 fully saturated rings. The van der Waals surface area contributed by atoms with Gasteiger partial charge in [0.25, 0.3) is 0 Å². The maximum Gasteiger partial charge on any atom is 0.119 e. The summed E-state index contributed by atoms with van der Waals surface area (Å²) in [5, 5.41) is 0.752. The molecule has 2 rings (SSSR count). The molecule has 106 valence electrons. The van der Waals surface area contributed by atoms with Gasteiger partial charge in [-0.2, -0.15) is 0 Å². The van der Waals surface area contributed by atoms with Crippen molar-refractivity contribution in [3.8, 4) is 5.75 Å². The molecule has 20 heavy (non-hydrogen) atoms. The van der Waals surface area contributed by atoms with E-state index in [0.717, 1.165) is 27.0 Å². The predicted molar refractivity (Wildman–Crippen MR) is 86.7 cm³/mol. The van der Waals surface area contributed by atoms with Crippen LogP contribution in [0, 0.1) is 0 Å². The molecular formula is C16H18ClNOS. The molecule has 2 aromatic carbocycles. The predicted octanol–water partition coefficient (Wildman–Crippen LogP) is 4.53.